The number of hydrogen-bond acceptors (Lipinski definition) is 4. The SMILES string of the molecule is CN=C(NCc1ccc(N2CCNC(=O)C2)cc1)N1CCC(CC(=O)NC)CC1. The summed E-state index contributed by atoms with van der Waals surface area (Å²) in [4.78, 5) is 31.9. The minimum Gasteiger partial charge on any atom is -0.360 e. The van der Waals surface area contributed by atoms with E-state index in [2.05, 4.69) is 55.0 Å². The summed E-state index contributed by atoms with van der Waals surface area (Å²) >= 11 is 0. The number of nitrogens with one attached hydrogen (secondary N) is 3. The zero-order chi connectivity index (χ0) is 20.6. The van der Waals surface area contributed by atoms with Crippen LogP contribution in [-0.2, 0) is 16.1 Å². The number of nitrogens with zero attached hydrogens (tertiary/aromatic N) is 3. The third-order valence-corrected chi connectivity index (χ3v) is 5.67. The molecule has 158 valence electrons. The molecule has 3 N–H and O–H groups in total. The van der Waals surface area contributed by atoms with E-state index in [1.165, 1.54) is 5.56 Å². The number of carbonyl (C=O) groups excluding carboxylic acids is 2. The summed E-state index contributed by atoms with van der Waals surface area (Å²) in [6.45, 7) is 4.48. The van der Waals surface area contributed by atoms with Gasteiger partial charge < -0.3 is 25.8 Å². The van der Waals surface area contributed by atoms with Crippen LogP contribution in [0.3, 0.4) is 0 Å². The Morgan fingerprint density at radius 2 is 1.93 bits per heavy atom. The Labute approximate surface area is 172 Å². The van der Waals surface area contributed by atoms with Crippen molar-refractivity contribution >= 4 is 23.5 Å². The molecule has 29 heavy (non-hydrogen) atoms. The van der Waals surface area contributed by atoms with Crippen molar-refractivity contribution in [3.63, 3.8) is 0 Å². The van der Waals surface area contributed by atoms with E-state index in [-0.39, 0.29) is 11.8 Å². The summed E-state index contributed by atoms with van der Waals surface area (Å²) in [5.41, 5.74) is 2.25. The molecule has 8 nitrogen and oxygen atoms in total. The van der Waals surface area contributed by atoms with Crippen LogP contribution in [0, 0.1) is 5.92 Å². The van der Waals surface area contributed by atoms with E-state index in [1.807, 2.05) is 7.05 Å². The van der Waals surface area contributed by atoms with Gasteiger partial charge in [-0.15, -0.1) is 0 Å². The summed E-state index contributed by atoms with van der Waals surface area (Å²) in [6.07, 6.45) is 2.62. The van der Waals surface area contributed by atoms with Gasteiger partial charge in [0, 0.05) is 58.9 Å². The molecule has 0 bridgehead atoms. The van der Waals surface area contributed by atoms with Gasteiger partial charge in [-0.25, -0.2) is 0 Å². The zero-order valence-electron chi connectivity index (χ0n) is 17.4. The highest BCUT2D eigenvalue weighted by molar-refractivity contribution is 5.82. The van der Waals surface area contributed by atoms with Gasteiger partial charge in [-0.1, -0.05) is 12.1 Å². The van der Waals surface area contributed by atoms with E-state index in [9.17, 15) is 9.59 Å². The Balaban J connectivity index is 1.47. The number of carbonyl (C=O) groups is 2. The largest absolute Gasteiger partial charge is 0.360 e. The summed E-state index contributed by atoms with van der Waals surface area (Å²) < 4.78 is 0. The number of piperazine rings is 1. The van der Waals surface area contributed by atoms with Gasteiger partial charge in [0.25, 0.3) is 0 Å². The van der Waals surface area contributed by atoms with Crippen LogP contribution >= 0.6 is 0 Å². The van der Waals surface area contributed by atoms with Gasteiger partial charge in [-0.05, 0) is 36.5 Å². The van der Waals surface area contributed by atoms with Crippen molar-refractivity contribution < 1.29 is 9.59 Å². The lowest BCUT2D eigenvalue weighted by Gasteiger charge is -2.34. The fourth-order valence-corrected chi connectivity index (χ4v) is 3.91. The van der Waals surface area contributed by atoms with Gasteiger partial charge >= 0.3 is 0 Å². The Morgan fingerprint density at radius 1 is 1.21 bits per heavy atom. The molecule has 2 aliphatic rings. The molecule has 1 aromatic carbocycles. The molecule has 0 aromatic heterocycles. The smallest absolute Gasteiger partial charge is 0.239 e. The lowest BCUT2D eigenvalue weighted by molar-refractivity contribution is -0.122. The van der Waals surface area contributed by atoms with Crippen LogP contribution in [0.15, 0.2) is 29.3 Å². The van der Waals surface area contributed by atoms with Crippen LogP contribution in [-0.4, -0.2) is 69.5 Å². The van der Waals surface area contributed by atoms with Crippen molar-refractivity contribution in [2.24, 2.45) is 10.9 Å². The molecule has 2 amide bonds. The van der Waals surface area contributed by atoms with E-state index < -0.39 is 0 Å². The number of amides is 2. The first-order valence-electron chi connectivity index (χ1n) is 10.4. The average molecular weight is 401 g/mol. The standard InChI is InChI=1S/C21H32N6O2/c1-22-19(28)13-16-7-10-26(11-8-16)21(23-2)25-14-17-3-5-18(6-4-17)27-12-9-24-20(29)15-27/h3-6,16H,7-15H2,1-2H3,(H,22,28)(H,23,25)(H,24,29). The molecule has 8 heteroatoms. The second kappa shape index (κ2) is 10.1. The molecule has 1 aromatic rings. The van der Waals surface area contributed by atoms with Gasteiger partial charge in [0.15, 0.2) is 5.96 Å². The van der Waals surface area contributed by atoms with Crippen molar-refractivity contribution in [3.05, 3.63) is 29.8 Å². The van der Waals surface area contributed by atoms with Gasteiger partial charge in [-0.2, -0.15) is 0 Å². The topological polar surface area (TPSA) is 89.1 Å². The predicted octanol–water partition coefficient (Wildman–Crippen LogP) is 0.546. The number of anilines is 1. The van der Waals surface area contributed by atoms with Crippen molar-refractivity contribution in [2.45, 2.75) is 25.8 Å². The van der Waals surface area contributed by atoms with E-state index >= 15 is 0 Å². The van der Waals surface area contributed by atoms with Crippen molar-refractivity contribution in [1.82, 2.24) is 20.9 Å². The molecule has 3 rings (SSSR count). The van der Waals surface area contributed by atoms with Crippen LogP contribution in [0.1, 0.15) is 24.8 Å². The van der Waals surface area contributed by atoms with E-state index in [4.69, 9.17) is 0 Å². The average Bonchev–Trinajstić information content (AvgIpc) is 2.75. The first-order valence-corrected chi connectivity index (χ1v) is 10.4. The van der Waals surface area contributed by atoms with Crippen molar-refractivity contribution in [3.8, 4) is 0 Å². The van der Waals surface area contributed by atoms with Crippen molar-refractivity contribution in [2.75, 3.05) is 51.7 Å². The van der Waals surface area contributed by atoms with Gasteiger partial charge in [0.05, 0.1) is 6.54 Å². The molecule has 0 spiro atoms. The monoisotopic (exact) mass is 400 g/mol. The highest BCUT2D eigenvalue weighted by atomic mass is 16.2. The summed E-state index contributed by atoms with van der Waals surface area (Å²) in [5, 5.41) is 9.01. The van der Waals surface area contributed by atoms with E-state index in [1.54, 1.807) is 7.05 Å². The normalized spacial score (nSPS) is 18.4. The quantitative estimate of drug-likeness (QED) is 0.496. The van der Waals surface area contributed by atoms with Gasteiger partial charge in [0.1, 0.15) is 0 Å². The third kappa shape index (κ3) is 5.85. The molecule has 2 fully saturated rings. The molecular weight excluding hydrogens is 368 g/mol. The number of piperidine rings is 1. The molecule has 2 saturated heterocycles. The molecule has 2 heterocycles. The number of hydrogen-bond donors (Lipinski definition) is 3. The van der Waals surface area contributed by atoms with Crippen LogP contribution in [0.5, 0.6) is 0 Å². The van der Waals surface area contributed by atoms with Crippen molar-refractivity contribution in [1.29, 1.82) is 0 Å². The maximum absolute atomic E-state index is 11.6. The lowest BCUT2D eigenvalue weighted by Crippen LogP contribution is -2.47. The zero-order valence-corrected chi connectivity index (χ0v) is 17.4. The summed E-state index contributed by atoms with van der Waals surface area (Å²) in [7, 11) is 3.50. The highest BCUT2D eigenvalue weighted by Crippen LogP contribution is 2.21. The Hall–Kier alpha value is -2.77. The molecule has 0 radical (unpaired) electrons. The first-order chi connectivity index (χ1) is 14.1. The van der Waals surface area contributed by atoms with Crippen LogP contribution in [0.4, 0.5) is 5.69 Å². The number of likely N-dealkylation sites (tertiary alicyclic amines) is 1. The highest BCUT2D eigenvalue weighted by Gasteiger charge is 2.23. The minimum absolute atomic E-state index is 0.0740. The maximum Gasteiger partial charge on any atom is 0.239 e. The van der Waals surface area contributed by atoms with Gasteiger partial charge in [-0.3, -0.25) is 14.6 Å². The number of guanidine groups is 1. The Kier molecular flexibility index (Phi) is 7.32. The second-order valence-corrected chi connectivity index (χ2v) is 7.65. The molecule has 0 aliphatic carbocycles. The minimum atomic E-state index is 0.0740. The van der Waals surface area contributed by atoms with Crippen LogP contribution in [0.2, 0.25) is 0 Å². The Bertz CT molecular complexity index is 725. The van der Waals surface area contributed by atoms with E-state index in [0.29, 0.717) is 32.0 Å². The molecule has 0 saturated carbocycles. The van der Waals surface area contributed by atoms with Crippen LogP contribution < -0.4 is 20.9 Å². The summed E-state index contributed by atoms with van der Waals surface area (Å²) in [6, 6.07) is 8.33. The summed E-state index contributed by atoms with van der Waals surface area (Å²) in [5.74, 6) is 1.55. The maximum atomic E-state index is 11.6. The molecule has 0 atom stereocenters. The van der Waals surface area contributed by atoms with E-state index in [0.717, 1.165) is 44.1 Å². The number of benzene rings is 1. The Morgan fingerprint density at radius 3 is 2.55 bits per heavy atom. The predicted molar refractivity (Wildman–Crippen MR) is 115 cm³/mol. The number of aliphatic imine (C=N–C) groups is 1. The number of rotatable bonds is 5. The molecular formula is C21H32N6O2. The molecule has 0 unspecified atom stereocenters. The first kappa shape index (κ1) is 21.0. The third-order valence-electron chi connectivity index (χ3n) is 5.67. The fraction of sp³-hybridized carbons (Fsp3) is 0.571. The van der Waals surface area contributed by atoms with Crippen LogP contribution in [0.25, 0.3) is 0 Å². The fourth-order valence-electron chi connectivity index (χ4n) is 3.91. The van der Waals surface area contributed by atoms with Gasteiger partial charge in [0.2, 0.25) is 11.8 Å². The molecule has 2 aliphatic heterocycles. The second-order valence-electron chi connectivity index (χ2n) is 7.65. The lowest BCUT2D eigenvalue weighted by atomic mass is 9.93.